The number of ether oxygens (including phenoxy) is 1. The second kappa shape index (κ2) is 4.22. The quantitative estimate of drug-likeness (QED) is 0.689. The first kappa shape index (κ1) is 13.4. The largest absolute Gasteiger partial charge is 0.465 e. The lowest BCUT2D eigenvalue weighted by Gasteiger charge is -2.30. The van der Waals surface area contributed by atoms with Crippen LogP contribution in [0, 0.1) is 5.41 Å². The highest BCUT2D eigenvalue weighted by molar-refractivity contribution is 6.31. The summed E-state index contributed by atoms with van der Waals surface area (Å²) in [6, 6.07) is 5.38. The first-order valence-corrected chi connectivity index (χ1v) is 7.18. The van der Waals surface area contributed by atoms with Gasteiger partial charge in [-0.15, -0.1) is 0 Å². The van der Waals surface area contributed by atoms with Crippen molar-refractivity contribution in [1.82, 2.24) is 0 Å². The van der Waals surface area contributed by atoms with E-state index in [4.69, 9.17) is 16.3 Å². The number of nitrogens with one attached hydrogen (secondary N) is 1. The van der Waals surface area contributed by atoms with Crippen molar-refractivity contribution < 1.29 is 14.3 Å². The Balaban J connectivity index is 2.14. The number of rotatable bonds is 3. The molecule has 106 valence electrons. The Morgan fingerprint density at radius 1 is 1.45 bits per heavy atom. The van der Waals surface area contributed by atoms with Gasteiger partial charge in [-0.05, 0) is 43.5 Å². The molecule has 2 unspecified atom stereocenters. The smallest absolute Gasteiger partial charge is 0.322 e. The molecule has 2 aliphatic rings. The third-order valence-electron chi connectivity index (χ3n) is 4.62. The van der Waals surface area contributed by atoms with Crippen LogP contribution in [0.1, 0.15) is 32.3 Å². The molecule has 0 aromatic heterocycles. The molecule has 0 bridgehead atoms. The monoisotopic (exact) mass is 293 g/mol. The lowest BCUT2D eigenvalue weighted by molar-refractivity contribution is -0.154. The zero-order chi connectivity index (χ0) is 14.5. The fraction of sp³-hybridized carbons (Fsp3) is 0.467. The molecule has 4 nitrogen and oxygen atoms in total. The average molecular weight is 294 g/mol. The summed E-state index contributed by atoms with van der Waals surface area (Å²) < 4.78 is 5.14. The first-order valence-electron chi connectivity index (χ1n) is 6.80. The molecule has 1 aliphatic carbocycles. The molecule has 3 rings (SSSR count). The average Bonchev–Trinajstić information content (AvgIpc) is 3.13. The fourth-order valence-corrected chi connectivity index (χ4v) is 3.69. The minimum absolute atomic E-state index is 0.257. The van der Waals surface area contributed by atoms with E-state index in [0.29, 0.717) is 17.9 Å². The first-order chi connectivity index (χ1) is 9.51. The Morgan fingerprint density at radius 2 is 2.20 bits per heavy atom. The number of carbonyl (C=O) groups excluding carboxylic acids is 2. The summed E-state index contributed by atoms with van der Waals surface area (Å²) in [4.78, 5) is 24.8. The van der Waals surface area contributed by atoms with Gasteiger partial charge >= 0.3 is 5.97 Å². The van der Waals surface area contributed by atoms with Gasteiger partial charge in [0.1, 0.15) is 0 Å². The topological polar surface area (TPSA) is 55.4 Å². The number of fused-ring (bicyclic) bond motifs is 3. The molecule has 1 aliphatic heterocycles. The highest BCUT2D eigenvalue weighted by Crippen LogP contribution is 2.70. The lowest BCUT2D eigenvalue weighted by atomic mass is 9.79. The summed E-state index contributed by atoms with van der Waals surface area (Å²) in [7, 11) is 0. The summed E-state index contributed by atoms with van der Waals surface area (Å²) in [5.41, 5.74) is 0.149. The minimum Gasteiger partial charge on any atom is -0.465 e. The molecular weight excluding hydrogens is 278 g/mol. The van der Waals surface area contributed by atoms with Crippen LogP contribution in [0.15, 0.2) is 18.2 Å². The van der Waals surface area contributed by atoms with Gasteiger partial charge in [0, 0.05) is 16.1 Å². The molecule has 1 N–H and O–H groups in total. The highest BCUT2D eigenvalue weighted by atomic mass is 35.5. The van der Waals surface area contributed by atoms with Crippen LogP contribution in [-0.4, -0.2) is 18.5 Å². The molecule has 1 aromatic carbocycles. The van der Waals surface area contributed by atoms with E-state index >= 15 is 0 Å². The maximum Gasteiger partial charge on any atom is 0.322 e. The summed E-state index contributed by atoms with van der Waals surface area (Å²) >= 11 is 6.07. The van der Waals surface area contributed by atoms with E-state index < -0.39 is 16.8 Å². The predicted octanol–water partition coefficient (Wildman–Crippen LogP) is 2.89. The van der Waals surface area contributed by atoms with Crippen LogP contribution in [0.4, 0.5) is 5.69 Å². The van der Waals surface area contributed by atoms with Crippen molar-refractivity contribution >= 4 is 29.2 Å². The van der Waals surface area contributed by atoms with E-state index in [1.807, 2.05) is 13.0 Å². The molecule has 1 amide bonds. The van der Waals surface area contributed by atoms with Crippen molar-refractivity contribution in [1.29, 1.82) is 0 Å². The Hall–Kier alpha value is -1.55. The number of halogens is 1. The van der Waals surface area contributed by atoms with Crippen molar-refractivity contribution in [2.75, 3.05) is 11.9 Å². The van der Waals surface area contributed by atoms with E-state index in [1.165, 1.54) is 0 Å². The van der Waals surface area contributed by atoms with Crippen LogP contribution in [0.3, 0.4) is 0 Å². The number of carbonyl (C=O) groups is 2. The molecule has 5 heteroatoms. The summed E-state index contributed by atoms with van der Waals surface area (Å²) in [5, 5.41) is 3.43. The van der Waals surface area contributed by atoms with Crippen LogP contribution in [0.2, 0.25) is 5.02 Å². The third-order valence-corrected chi connectivity index (χ3v) is 4.85. The number of hydrogen-bond donors (Lipinski definition) is 1. The molecule has 20 heavy (non-hydrogen) atoms. The maximum atomic E-state index is 12.4. The van der Waals surface area contributed by atoms with Crippen molar-refractivity contribution in [2.45, 2.75) is 32.1 Å². The van der Waals surface area contributed by atoms with Gasteiger partial charge in [-0.1, -0.05) is 18.5 Å². The highest BCUT2D eigenvalue weighted by Gasteiger charge is 2.79. The molecule has 2 atom stereocenters. The molecular formula is C15H16ClNO3. The number of hydrogen-bond acceptors (Lipinski definition) is 3. The summed E-state index contributed by atoms with van der Waals surface area (Å²) in [6.07, 6.45) is 1.20. The van der Waals surface area contributed by atoms with E-state index in [1.54, 1.807) is 19.1 Å². The zero-order valence-electron chi connectivity index (χ0n) is 11.5. The summed E-state index contributed by atoms with van der Waals surface area (Å²) in [5.74, 6) is -0.683. The van der Waals surface area contributed by atoms with Crippen LogP contribution in [0.25, 0.3) is 0 Å². The van der Waals surface area contributed by atoms with Crippen molar-refractivity contribution in [3.63, 3.8) is 0 Å². The Kier molecular flexibility index (Phi) is 2.83. The lowest BCUT2D eigenvalue weighted by Crippen LogP contribution is -2.42. The Bertz CT molecular complexity index is 615. The Labute approximate surface area is 122 Å². The second-order valence-electron chi connectivity index (χ2n) is 5.38. The minimum atomic E-state index is -1.07. The van der Waals surface area contributed by atoms with Gasteiger partial charge in [-0.3, -0.25) is 9.59 Å². The van der Waals surface area contributed by atoms with Crippen LogP contribution >= 0.6 is 11.6 Å². The van der Waals surface area contributed by atoms with E-state index in [-0.39, 0.29) is 12.5 Å². The summed E-state index contributed by atoms with van der Waals surface area (Å²) in [6.45, 7) is 4.01. The van der Waals surface area contributed by atoms with Gasteiger partial charge in [-0.2, -0.15) is 0 Å². The van der Waals surface area contributed by atoms with Crippen LogP contribution in [-0.2, 0) is 19.7 Å². The van der Waals surface area contributed by atoms with Crippen molar-refractivity contribution in [3.05, 3.63) is 28.8 Å². The van der Waals surface area contributed by atoms with Gasteiger partial charge < -0.3 is 10.1 Å². The molecule has 1 heterocycles. The van der Waals surface area contributed by atoms with Crippen LogP contribution < -0.4 is 5.32 Å². The number of amides is 1. The second-order valence-corrected chi connectivity index (χ2v) is 5.82. The van der Waals surface area contributed by atoms with Crippen molar-refractivity contribution in [3.8, 4) is 0 Å². The van der Waals surface area contributed by atoms with Crippen LogP contribution in [0.5, 0.6) is 0 Å². The normalized spacial score (nSPS) is 30.1. The van der Waals surface area contributed by atoms with Gasteiger partial charge in [0.05, 0.1) is 6.61 Å². The molecule has 0 radical (unpaired) electrons. The predicted molar refractivity (Wildman–Crippen MR) is 75.7 cm³/mol. The van der Waals surface area contributed by atoms with Gasteiger partial charge in [0.2, 0.25) is 5.91 Å². The molecule has 1 saturated carbocycles. The van der Waals surface area contributed by atoms with E-state index in [2.05, 4.69) is 5.32 Å². The number of esters is 1. The van der Waals surface area contributed by atoms with Gasteiger partial charge in [0.15, 0.2) is 5.41 Å². The maximum absolute atomic E-state index is 12.4. The fourth-order valence-electron chi connectivity index (χ4n) is 3.51. The van der Waals surface area contributed by atoms with Crippen molar-refractivity contribution in [2.24, 2.45) is 5.41 Å². The Morgan fingerprint density at radius 3 is 2.85 bits per heavy atom. The van der Waals surface area contributed by atoms with E-state index in [9.17, 15) is 9.59 Å². The standard InChI is InChI=1S/C15H16ClNO3/c1-3-14-8-15(14,13(19)20-4-2)12(18)17-11-6-5-9(16)7-10(11)14/h5-7H,3-4,8H2,1-2H3,(H,17,18). The SMILES string of the molecule is CCOC(=O)C12CC1(CC)c1cc(Cl)ccc1NC2=O. The van der Waals surface area contributed by atoms with Gasteiger partial charge in [0.25, 0.3) is 0 Å². The van der Waals surface area contributed by atoms with Gasteiger partial charge in [-0.25, -0.2) is 0 Å². The number of anilines is 1. The molecule has 0 saturated heterocycles. The third kappa shape index (κ3) is 1.43. The number of benzene rings is 1. The molecule has 1 fully saturated rings. The molecule has 1 aromatic rings. The zero-order valence-corrected chi connectivity index (χ0v) is 12.2. The van der Waals surface area contributed by atoms with E-state index in [0.717, 1.165) is 11.3 Å². The molecule has 0 spiro atoms.